The van der Waals surface area contributed by atoms with Crippen LogP contribution in [-0.2, 0) is 0 Å². The lowest BCUT2D eigenvalue weighted by Gasteiger charge is -2.23. The van der Waals surface area contributed by atoms with E-state index >= 15 is 0 Å². The van der Waals surface area contributed by atoms with Gasteiger partial charge < -0.3 is 9.88 Å². The summed E-state index contributed by atoms with van der Waals surface area (Å²) >= 11 is 0. The van der Waals surface area contributed by atoms with Crippen LogP contribution in [-0.4, -0.2) is 37.6 Å². The van der Waals surface area contributed by atoms with Crippen molar-refractivity contribution in [2.45, 2.75) is 32.7 Å². The Morgan fingerprint density at radius 3 is 2.77 bits per heavy atom. The first kappa shape index (κ1) is 14.4. The predicted molar refractivity (Wildman–Crippen MR) is 71.6 cm³/mol. The molecule has 1 aliphatic heterocycles. The van der Waals surface area contributed by atoms with E-state index in [0.717, 1.165) is 6.42 Å². The highest BCUT2D eigenvalue weighted by atomic mass is 19.1. The third kappa shape index (κ3) is 2.28. The zero-order chi connectivity index (χ0) is 15.9. The molecule has 3 rings (SSSR count). The molecule has 1 fully saturated rings. The van der Waals surface area contributed by atoms with E-state index in [9.17, 15) is 14.0 Å². The number of H-pyrrole nitrogens is 1. The van der Waals surface area contributed by atoms with Crippen molar-refractivity contribution in [2.24, 2.45) is 0 Å². The van der Waals surface area contributed by atoms with Gasteiger partial charge in [-0.3, -0.25) is 9.59 Å². The van der Waals surface area contributed by atoms with Crippen LogP contribution in [0.2, 0.25) is 0 Å². The summed E-state index contributed by atoms with van der Waals surface area (Å²) in [6.07, 6.45) is 1.38. The van der Waals surface area contributed by atoms with Crippen molar-refractivity contribution < 1.29 is 13.8 Å². The quantitative estimate of drug-likeness (QED) is 0.883. The van der Waals surface area contributed by atoms with E-state index in [1.807, 2.05) is 0 Å². The zero-order valence-electron chi connectivity index (χ0n) is 12.1. The fourth-order valence-electron chi connectivity index (χ4n) is 2.61. The predicted octanol–water partition coefficient (Wildman–Crippen LogP) is 0.886. The maximum Gasteiger partial charge on any atom is 0.287 e. The maximum absolute atomic E-state index is 13.4. The summed E-state index contributed by atoms with van der Waals surface area (Å²) in [6, 6.07) is -0.421. The first-order chi connectivity index (χ1) is 10.5. The largest absolute Gasteiger partial charge is 0.327 e. The van der Waals surface area contributed by atoms with Gasteiger partial charge in [-0.05, 0) is 31.8 Å². The Morgan fingerprint density at radius 1 is 1.36 bits per heavy atom. The molecule has 9 heteroatoms. The molecular weight excluding hydrogens is 293 g/mol. The second kappa shape index (κ2) is 5.32. The van der Waals surface area contributed by atoms with Crippen LogP contribution in [0.3, 0.4) is 0 Å². The van der Waals surface area contributed by atoms with Crippen molar-refractivity contribution in [3.05, 3.63) is 39.1 Å². The highest BCUT2D eigenvalue weighted by molar-refractivity contribution is 5.93. The Balaban J connectivity index is 1.96. The minimum atomic E-state index is -0.906. The van der Waals surface area contributed by atoms with Gasteiger partial charge in [-0.1, -0.05) is 5.16 Å². The first-order valence-corrected chi connectivity index (χ1v) is 6.85. The van der Waals surface area contributed by atoms with E-state index in [1.165, 1.54) is 6.92 Å². The summed E-state index contributed by atoms with van der Waals surface area (Å²) < 4.78 is 18.0. The molecule has 1 N–H and O–H groups in total. The highest BCUT2D eigenvalue weighted by Crippen LogP contribution is 2.31. The lowest BCUT2D eigenvalue weighted by Crippen LogP contribution is -2.33. The van der Waals surface area contributed by atoms with E-state index in [4.69, 9.17) is 0 Å². The normalized spacial score (nSPS) is 18.0. The van der Waals surface area contributed by atoms with Crippen molar-refractivity contribution >= 4 is 5.91 Å². The van der Waals surface area contributed by atoms with Gasteiger partial charge in [0.25, 0.3) is 11.5 Å². The van der Waals surface area contributed by atoms with Crippen molar-refractivity contribution in [1.82, 2.24) is 25.2 Å². The number of halogens is 1. The topological polar surface area (TPSA) is 105 Å². The van der Waals surface area contributed by atoms with Crippen LogP contribution in [0.4, 0.5) is 4.39 Å². The molecular formula is C13H14FN5O3. The standard InChI is InChI=1S/C13H14FN5O3/c1-6-9(14)12(20)16-11(15-6)8-4-3-5-19(8)13(21)10-7(2)17-22-18-10/h8H,3-5H2,1-2H3,(H,15,16,20)/t8-/m0/s1. The smallest absolute Gasteiger partial charge is 0.287 e. The van der Waals surface area contributed by atoms with Crippen LogP contribution < -0.4 is 5.56 Å². The Bertz CT molecular complexity index is 784. The molecule has 0 spiro atoms. The molecule has 0 radical (unpaired) electrons. The minimum Gasteiger partial charge on any atom is -0.327 e. The molecule has 2 aromatic heterocycles. The van der Waals surface area contributed by atoms with E-state index in [0.29, 0.717) is 18.7 Å². The van der Waals surface area contributed by atoms with Crippen LogP contribution in [0.5, 0.6) is 0 Å². The maximum atomic E-state index is 13.4. The highest BCUT2D eigenvalue weighted by Gasteiger charge is 2.34. The number of aromatic nitrogens is 4. The van der Waals surface area contributed by atoms with Crippen LogP contribution in [0, 0.1) is 19.7 Å². The molecule has 8 nitrogen and oxygen atoms in total. The van der Waals surface area contributed by atoms with Crippen LogP contribution in [0.15, 0.2) is 9.42 Å². The summed E-state index contributed by atoms with van der Waals surface area (Å²) in [7, 11) is 0. The van der Waals surface area contributed by atoms with E-state index in [1.54, 1.807) is 11.8 Å². The fourth-order valence-corrected chi connectivity index (χ4v) is 2.61. The van der Waals surface area contributed by atoms with Gasteiger partial charge >= 0.3 is 0 Å². The lowest BCUT2D eigenvalue weighted by atomic mass is 10.2. The minimum absolute atomic E-state index is 0.0114. The lowest BCUT2D eigenvalue weighted by molar-refractivity contribution is 0.0717. The number of rotatable bonds is 2. The van der Waals surface area contributed by atoms with Gasteiger partial charge in [-0.2, -0.15) is 4.39 Å². The van der Waals surface area contributed by atoms with Gasteiger partial charge in [-0.25, -0.2) is 9.61 Å². The SMILES string of the molecule is Cc1nonc1C(=O)N1CCC[C@H]1c1nc(C)c(F)c(=O)[nH]1. The van der Waals surface area contributed by atoms with Crippen LogP contribution >= 0.6 is 0 Å². The fraction of sp³-hybridized carbons (Fsp3) is 0.462. The van der Waals surface area contributed by atoms with Crippen molar-refractivity contribution in [3.63, 3.8) is 0 Å². The molecule has 1 saturated heterocycles. The molecule has 0 aromatic carbocycles. The van der Waals surface area contributed by atoms with Gasteiger partial charge in [0.05, 0.1) is 11.7 Å². The Hall–Kier alpha value is -2.58. The number of hydrogen-bond acceptors (Lipinski definition) is 6. The number of aromatic amines is 1. The molecule has 116 valence electrons. The molecule has 0 bridgehead atoms. The van der Waals surface area contributed by atoms with Crippen LogP contribution in [0.1, 0.15) is 46.6 Å². The third-order valence-electron chi connectivity index (χ3n) is 3.73. The zero-order valence-corrected chi connectivity index (χ0v) is 12.1. The Labute approximate surface area is 124 Å². The summed E-state index contributed by atoms with van der Waals surface area (Å²) in [5.41, 5.74) is -0.293. The Morgan fingerprint density at radius 2 is 2.14 bits per heavy atom. The van der Waals surface area contributed by atoms with E-state index in [-0.39, 0.29) is 23.1 Å². The van der Waals surface area contributed by atoms with Crippen molar-refractivity contribution in [1.29, 1.82) is 0 Å². The van der Waals surface area contributed by atoms with Gasteiger partial charge in [0.1, 0.15) is 11.5 Å². The summed E-state index contributed by atoms with van der Waals surface area (Å²) in [4.78, 5) is 32.1. The molecule has 3 heterocycles. The Kier molecular flexibility index (Phi) is 3.47. The molecule has 2 aromatic rings. The van der Waals surface area contributed by atoms with Crippen LogP contribution in [0.25, 0.3) is 0 Å². The number of amides is 1. The van der Waals surface area contributed by atoms with Gasteiger partial charge in [0.15, 0.2) is 5.69 Å². The number of carbonyl (C=O) groups excluding carboxylic acids is 1. The molecule has 0 aliphatic carbocycles. The molecule has 22 heavy (non-hydrogen) atoms. The van der Waals surface area contributed by atoms with E-state index in [2.05, 4.69) is 24.9 Å². The second-order valence-corrected chi connectivity index (χ2v) is 5.21. The third-order valence-corrected chi connectivity index (χ3v) is 3.73. The van der Waals surface area contributed by atoms with Crippen molar-refractivity contribution in [2.75, 3.05) is 6.54 Å². The molecule has 1 aliphatic rings. The van der Waals surface area contributed by atoms with E-state index < -0.39 is 17.4 Å². The van der Waals surface area contributed by atoms with Gasteiger partial charge in [-0.15, -0.1) is 0 Å². The average Bonchev–Trinajstić information content (AvgIpc) is 3.12. The molecule has 0 saturated carbocycles. The first-order valence-electron chi connectivity index (χ1n) is 6.85. The average molecular weight is 307 g/mol. The van der Waals surface area contributed by atoms with Crippen molar-refractivity contribution in [3.8, 4) is 0 Å². The molecule has 1 amide bonds. The summed E-state index contributed by atoms with van der Waals surface area (Å²) in [5, 5.41) is 7.20. The monoisotopic (exact) mass is 307 g/mol. The number of aryl methyl sites for hydroxylation is 2. The second-order valence-electron chi connectivity index (χ2n) is 5.21. The number of hydrogen-bond donors (Lipinski definition) is 1. The summed E-state index contributed by atoms with van der Waals surface area (Å²) in [5.74, 6) is -0.967. The summed E-state index contributed by atoms with van der Waals surface area (Å²) in [6.45, 7) is 3.54. The molecule has 0 unspecified atom stereocenters. The van der Waals surface area contributed by atoms with Gasteiger partial charge in [0.2, 0.25) is 5.82 Å². The number of nitrogens with zero attached hydrogens (tertiary/aromatic N) is 4. The molecule has 1 atom stereocenters. The number of nitrogens with one attached hydrogen (secondary N) is 1. The number of likely N-dealkylation sites (tertiary alicyclic amines) is 1. The number of carbonyl (C=O) groups is 1. The van der Waals surface area contributed by atoms with Gasteiger partial charge in [0, 0.05) is 6.54 Å².